The van der Waals surface area contributed by atoms with E-state index in [1.165, 1.54) is 43.6 Å². The van der Waals surface area contributed by atoms with Crippen LogP contribution in [0.15, 0.2) is 5.38 Å². The number of carbonyl (C=O) groups is 1. The Hall–Kier alpha value is -1.01. The third kappa shape index (κ3) is 4.01. The molecule has 1 amide bonds. The number of rotatable bonds is 5. The summed E-state index contributed by atoms with van der Waals surface area (Å²) in [6, 6.07) is 0. The van der Waals surface area contributed by atoms with E-state index in [2.05, 4.69) is 9.59 Å². The summed E-state index contributed by atoms with van der Waals surface area (Å²) in [6.07, 6.45) is 7.51. The monoisotopic (exact) mass is 309 g/mol. The summed E-state index contributed by atoms with van der Waals surface area (Å²) in [5.74, 6) is 1.17. The Morgan fingerprint density at radius 1 is 1.24 bits per heavy atom. The quantitative estimate of drug-likeness (QED) is 0.839. The first kappa shape index (κ1) is 14.9. The van der Waals surface area contributed by atoms with Gasteiger partial charge in [0.15, 0.2) is 5.69 Å². The highest BCUT2D eigenvalue weighted by atomic mass is 32.1. The van der Waals surface area contributed by atoms with E-state index in [9.17, 15) is 4.79 Å². The van der Waals surface area contributed by atoms with E-state index in [-0.39, 0.29) is 5.91 Å². The molecule has 6 heteroatoms. The van der Waals surface area contributed by atoms with Gasteiger partial charge in [-0.25, -0.2) is 0 Å². The molecule has 3 rings (SSSR count). The Morgan fingerprint density at radius 2 is 2.05 bits per heavy atom. The molecule has 1 aliphatic carbocycles. The number of hydrogen-bond acceptors (Lipinski definition) is 5. The van der Waals surface area contributed by atoms with Crippen molar-refractivity contribution >= 4 is 17.4 Å². The highest BCUT2D eigenvalue weighted by Crippen LogP contribution is 2.26. The fourth-order valence-electron chi connectivity index (χ4n) is 3.38. The predicted octanol–water partition coefficient (Wildman–Crippen LogP) is 2.60. The van der Waals surface area contributed by atoms with Gasteiger partial charge < -0.3 is 9.64 Å². The Balaban J connectivity index is 1.65. The molecular weight excluding hydrogens is 286 g/mol. The lowest BCUT2D eigenvalue weighted by atomic mass is 9.88. The minimum Gasteiger partial charge on any atom is -0.381 e. The number of hydrogen-bond donors (Lipinski definition) is 0. The first-order valence-electron chi connectivity index (χ1n) is 7.97. The molecule has 1 saturated heterocycles. The number of ether oxygens (including phenoxy) is 1. The molecule has 0 spiro atoms. The van der Waals surface area contributed by atoms with Gasteiger partial charge in [0.05, 0.1) is 6.61 Å². The van der Waals surface area contributed by atoms with Crippen LogP contribution in [0.4, 0.5) is 0 Å². The zero-order valence-electron chi connectivity index (χ0n) is 12.4. The van der Waals surface area contributed by atoms with E-state index < -0.39 is 0 Å². The zero-order valence-corrected chi connectivity index (χ0v) is 13.2. The van der Waals surface area contributed by atoms with Crippen LogP contribution in [0, 0.1) is 11.8 Å². The number of carbonyl (C=O) groups excluding carboxylic acids is 1. The van der Waals surface area contributed by atoms with Crippen molar-refractivity contribution in [3.05, 3.63) is 11.1 Å². The minimum atomic E-state index is 0.0428. The maximum absolute atomic E-state index is 12.7. The summed E-state index contributed by atoms with van der Waals surface area (Å²) < 4.78 is 9.28. The number of amides is 1. The minimum absolute atomic E-state index is 0.0428. The average Bonchev–Trinajstić information content (AvgIpc) is 3.20. The summed E-state index contributed by atoms with van der Waals surface area (Å²) >= 11 is 1.24. The van der Waals surface area contributed by atoms with Crippen molar-refractivity contribution in [1.29, 1.82) is 0 Å². The Kier molecular flexibility index (Phi) is 5.19. The zero-order chi connectivity index (χ0) is 14.5. The van der Waals surface area contributed by atoms with Crippen LogP contribution in [0.25, 0.3) is 0 Å². The highest BCUT2D eigenvalue weighted by Gasteiger charge is 2.27. The molecule has 2 aliphatic rings. The lowest BCUT2D eigenvalue weighted by Crippen LogP contribution is -2.39. The fourth-order valence-corrected chi connectivity index (χ4v) is 3.81. The lowest BCUT2D eigenvalue weighted by Gasteiger charge is -2.30. The van der Waals surface area contributed by atoms with Crippen LogP contribution in [0.5, 0.6) is 0 Å². The third-order valence-corrected chi connectivity index (χ3v) is 5.08. The average molecular weight is 309 g/mol. The van der Waals surface area contributed by atoms with Crippen molar-refractivity contribution in [2.45, 2.75) is 38.5 Å². The van der Waals surface area contributed by atoms with Gasteiger partial charge in [0.1, 0.15) is 0 Å². The smallest absolute Gasteiger partial charge is 0.275 e. The van der Waals surface area contributed by atoms with Crippen LogP contribution in [-0.2, 0) is 4.74 Å². The standard InChI is InChI=1S/C15H23N3O2S/c19-15(14-11-21-17-16-14)18(9-13-6-7-20-10-13)8-12-4-2-1-3-5-12/h11-13H,1-10H2. The van der Waals surface area contributed by atoms with Crippen LogP contribution >= 0.6 is 11.5 Å². The molecule has 1 unspecified atom stereocenters. The van der Waals surface area contributed by atoms with Gasteiger partial charge in [-0.1, -0.05) is 23.8 Å². The van der Waals surface area contributed by atoms with Gasteiger partial charge >= 0.3 is 0 Å². The van der Waals surface area contributed by atoms with Crippen molar-refractivity contribution in [1.82, 2.24) is 14.5 Å². The molecular formula is C15H23N3O2S. The van der Waals surface area contributed by atoms with Crippen LogP contribution in [-0.4, -0.2) is 46.7 Å². The molecule has 2 heterocycles. The summed E-state index contributed by atoms with van der Waals surface area (Å²) in [7, 11) is 0. The predicted molar refractivity (Wildman–Crippen MR) is 81.3 cm³/mol. The van der Waals surface area contributed by atoms with Gasteiger partial charge in [-0.15, -0.1) is 5.10 Å². The van der Waals surface area contributed by atoms with Crippen molar-refractivity contribution < 1.29 is 9.53 Å². The van der Waals surface area contributed by atoms with E-state index in [0.29, 0.717) is 17.5 Å². The Morgan fingerprint density at radius 3 is 2.71 bits per heavy atom. The molecule has 0 radical (unpaired) electrons. The van der Waals surface area contributed by atoms with Crippen LogP contribution in [0.2, 0.25) is 0 Å². The molecule has 0 aromatic carbocycles. The molecule has 5 nitrogen and oxygen atoms in total. The SMILES string of the molecule is O=C(c1csnn1)N(CC1CCCCC1)CC1CCOC1. The van der Waals surface area contributed by atoms with Gasteiger partial charge in [-0.05, 0) is 36.7 Å². The normalized spacial score (nSPS) is 23.3. The van der Waals surface area contributed by atoms with Crippen LogP contribution < -0.4 is 0 Å². The molecule has 2 fully saturated rings. The molecule has 1 aromatic heterocycles. The van der Waals surface area contributed by atoms with Crippen molar-refractivity contribution in [2.24, 2.45) is 11.8 Å². The molecule has 0 bridgehead atoms. The van der Waals surface area contributed by atoms with Gasteiger partial charge in [0.2, 0.25) is 0 Å². The first-order valence-corrected chi connectivity index (χ1v) is 8.80. The lowest BCUT2D eigenvalue weighted by molar-refractivity contribution is 0.0667. The van der Waals surface area contributed by atoms with Gasteiger partial charge in [-0.2, -0.15) is 0 Å². The third-order valence-electron chi connectivity index (χ3n) is 4.57. The highest BCUT2D eigenvalue weighted by molar-refractivity contribution is 7.03. The molecule has 1 saturated carbocycles. The van der Waals surface area contributed by atoms with Crippen molar-refractivity contribution in [2.75, 3.05) is 26.3 Å². The first-order chi connectivity index (χ1) is 10.3. The second kappa shape index (κ2) is 7.31. The molecule has 1 aromatic rings. The second-order valence-corrected chi connectivity index (χ2v) is 6.84. The maximum atomic E-state index is 12.7. The van der Waals surface area contributed by atoms with Gasteiger partial charge in [-0.3, -0.25) is 4.79 Å². The van der Waals surface area contributed by atoms with E-state index in [1.54, 1.807) is 5.38 Å². The van der Waals surface area contributed by atoms with Gasteiger partial charge in [0.25, 0.3) is 5.91 Å². The van der Waals surface area contributed by atoms with Crippen molar-refractivity contribution in [3.63, 3.8) is 0 Å². The largest absolute Gasteiger partial charge is 0.381 e. The van der Waals surface area contributed by atoms with E-state index in [1.807, 2.05) is 4.90 Å². The van der Waals surface area contributed by atoms with E-state index in [4.69, 9.17) is 4.74 Å². The molecule has 1 aliphatic heterocycles. The Bertz CT molecular complexity index is 440. The number of aromatic nitrogens is 2. The summed E-state index contributed by atoms with van der Waals surface area (Å²) in [6.45, 7) is 3.28. The number of nitrogens with zero attached hydrogens (tertiary/aromatic N) is 3. The molecule has 21 heavy (non-hydrogen) atoms. The molecule has 1 atom stereocenters. The summed E-state index contributed by atoms with van der Waals surface area (Å²) in [5, 5.41) is 5.70. The van der Waals surface area contributed by atoms with Crippen molar-refractivity contribution in [3.8, 4) is 0 Å². The van der Waals surface area contributed by atoms with Gasteiger partial charge in [0, 0.05) is 31.0 Å². The van der Waals surface area contributed by atoms with Crippen LogP contribution in [0.3, 0.4) is 0 Å². The fraction of sp³-hybridized carbons (Fsp3) is 0.800. The van der Waals surface area contributed by atoms with E-state index in [0.717, 1.165) is 32.7 Å². The summed E-state index contributed by atoms with van der Waals surface area (Å²) in [5.41, 5.74) is 0.495. The topological polar surface area (TPSA) is 55.3 Å². The molecule has 116 valence electrons. The van der Waals surface area contributed by atoms with E-state index >= 15 is 0 Å². The maximum Gasteiger partial charge on any atom is 0.275 e. The molecule has 0 N–H and O–H groups in total. The van der Waals surface area contributed by atoms with Crippen LogP contribution in [0.1, 0.15) is 49.0 Å². The Labute approximate surface area is 129 Å². The summed E-state index contributed by atoms with van der Waals surface area (Å²) in [4.78, 5) is 14.7. The second-order valence-electron chi connectivity index (χ2n) is 6.23.